The topological polar surface area (TPSA) is 89.7 Å². The number of carboxylic acid groups (broad SMARTS) is 1. The Hall–Kier alpha value is -3.29. The molecule has 2 rings (SSSR count). The Morgan fingerprint density at radius 3 is 2.68 bits per heavy atom. The van der Waals surface area contributed by atoms with Crippen LogP contribution in [0.5, 0.6) is 5.75 Å². The molecule has 0 heterocycles. The van der Waals surface area contributed by atoms with E-state index in [2.05, 4.69) is 0 Å². The molecule has 6 nitrogen and oxygen atoms in total. The number of non-ortho nitro benzene ring substituents is 1. The number of carbonyl (C=O) groups is 1. The zero-order valence-electron chi connectivity index (χ0n) is 14.9. The Morgan fingerprint density at radius 2 is 1.96 bits per heavy atom. The lowest BCUT2D eigenvalue weighted by Crippen LogP contribution is -2.17. The van der Waals surface area contributed by atoms with E-state index in [9.17, 15) is 23.7 Å². The molecule has 0 fully saturated rings. The standard InChI is InChI=1S/C20H19F2NO5/c21-20(22,11-10-15-4-3-6-17(14-15)23(26)27)12-13-28-18-7-2-1-5-16(18)8-9-19(24)25/h1-7,10-11,14H,8-9,12-13H2,(H,24,25). The van der Waals surface area contributed by atoms with Gasteiger partial charge in [0, 0.05) is 25.0 Å². The average Bonchev–Trinajstić information content (AvgIpc) is 2.66. The van der Waals surface area contributed by atoms with Crippen LogP contribution >= 0.6 is 0 Å². The maximum absolute atomic E-state index is 14.0. The predicted molar refractivity (Wildman–Crippen MR) is 99.6 cm³/mol. The van der Waals surface area contributed by atoms with E-state index in [1.165, 1.54) is 24.3 Å². The van der Waals surface area contributed by atoms with Crippen molar-refractivity contribution in [2.24, 2.45) is 0 Å². The summed E-state index contributed by atoms with van der Waals surface area (Å²) in [6, 6.07) is 12.1. The van der Waals surface area contributed by atoms with Crippen LogP contribution in [-0.4, -0.2) is 28.5 Å². The van der Waals surface area contributed by atoms with Crippen molar-refractivity contribution in [1.82, 2.24) is 0 Å². The maximum atomic E-state index is 14.0. The van der Waals surface area contributed by atoms with Gasteiger partial charge >= 0.3 is 5.97 Å². The van der Waals surface area contributed by atoms with Gasteiger partial charge in [0.15, 0.2) is 0 Å². The minimum atomic E-state index is -3.17. The number of hydrogen-bond donors (Lipinski definition) is 1. The van der Waals surface area contributed by atoms with Crippen LogP contribution in [-0.2, 0) is 11.2 Å². The highest BCUT2D eigenvalue weighted by Crippen LogP contribution is 2.25. The van der Waals surface area contributed by atoms with Crippen molar-refractivity contribution in [3.8, 4) is 5.75 Å². The number of nitrogens with zero attached hydrogens (tertiary/aromatic N) is 1. The number of hydrogen-bond acceptors (Lipinski definition) is 4. The van der Waals surface area contributed by atoms with E-state index in [4.69, 9.17) is 9.84 Å². The van der Waals surface area contributed by atoms with Crippen molar-refractivity contribution in [1.29, 1.82) is 0 Å². The summed E-state index contributed by atoms with van der Waals surface area (Å²) in [6.07, 6.45) is 1.39. The van der Waals surface area contributed by atoms with Gasteiger partial charge in [-0.15, -0.1) is 0 Å². The van der Waals surface area contributed by atoms with E-state index >= 15 is 0 Å². The number of rotatable bonds is 10. The lowest BCUT2D eigenvalue weighted by molar-refractivity contribution is -0.384. The van der Waals surface area contributed by atoms with Gasteiger partial charge in [0.25, 0.3) is 11.6 Å². The lowest BCUT2D eigenvalue weighted by atomic mass is 10.1. The number of nitro benzene ring substituents is 1. The van der Waals surface area contributed by atoms with Crippen molar-refractivity contribution in [3.05, 3.63) is 75.8 Å². The maximum Gasteiger partial charge on any atom is 0.303 e. The van der Waals surface area contributed by atoms with Crippen LogP contribution in [0.1, 0.15) is 24.0 Å². The number of para-hydroxylation sites is 1. The zero-order valence-corrected chi connectivity index (χ0v) is 14.9. The van der Waals surface area contributed by atoms with Gasteiger partial charge in [0.2, 0.25) is 0 Å². The molecule has 0 saturated heterocycles. The van der Waals surface area contributed by atoms with Crippen molar-refractivity contribution < 1.29 is 28.3 Å². The van der Waals surface area contributed by atoms with Crippen molar-refractivity contribution in [3.63, 3.8) is 0 Å². The van der Waals surface area contributed by atoms with Crippen LogP contribution < -0.4 is 4.74 Å². The summed E-state index contributed by atoms with van der Waals surface area (Å²) >= 11 is 0. The normalized spacial score (nSPS) is 11.5. The predicted octanol–water partition coefficient (Wildman–Crippen LogP) is 4.73. The fourth-order valence-corrected chi connectivity index (χ4v) is 2.43. The van der Waals surface area contributed by atoms with Crippen LogP contribution in [0, 0.1) is 10.1 Å². The molecule has 0 amide bonds. The molecule has 0 aromatic heterocycles. The molecule has 0 radical (unpaired) electrons. The van der Waals surface area contributed by atoms with Gasteiger partial charge in [0.1, 0.15) is 5.75 Å². The molecule has 28 heavy (non-hydrogen) atoms. The van der Waals surface area contributed by atoms with Crippen LogP contribution in [0.15, 0.2) is 54.6 Å². The Balaban J connectivity index is 1.94. The van der Waals surface area contributed by atoms with Crippen LogP contribution in [0.3, 0.4) is 0 Å². The molecule has 0 aliphatic heterocycles. The zero-order chi connectivity index (χ0) is 20.6. The molecule has 8 heteroatoms. The number of aryl methyl sites for hydroxylation is 1. The molecule has 148 valence electrons. The van der Waals surface area contributed by atoms with E-state index in [0.29, 0.717) is 23.0 Å². The van der Waals surface area contributed by atoms with Gasteiger partial charge in [-0.2, -0.15) is 0 Å². The lowest BCUT2D eigenvalue weighted by Gasteiger charge is -2.14. The number of nitro groups is 1. The molecule has 0 aliphatic carbocycles. The summed E-state index contributed by atoms with van der Waals surface area (Å²) < 4.78 is 33.5. The highest BCUT2D eigenvalue weighted by molar-refractivity contribution is 5.67. The quantitative estimate of drug-likeness (QED) is 0.467. The first-order valence-corrected chi connectivity index (χ1v) is 8.51. The van der Waals surface area contributed by atoms with Crippen molar-refractivity contribution in [2.45, 2.75) is 25.2 Å². The SMILES string of the molecule is O=C(O)CCc1ccccc1OCCC(F)(F)C=Cc1cccc([N+](=O)[O-])c1. The third-order valence-electron chi connectivity index (χ3n) is 3.87. The first-order chi connectivity index (χ1) is 13.3. The van der Waals surface area contributed by atoms with E-state index in [1.54, 1.807) is 24.3 Å². The van der Waals surface area contributed by atoms with Gasteiger partial charge in [-0.05, 0) is 29.7 Å². The first kappa shape index (κ1) is 21.0. The minimum Gasteiger partial charge on any atom is -0.493 e. The number of allylic oxidation sites excluding steroid dienone is 1. The molecular formula is C20H19F2NO5. The minimum absolute atomic E-state index is 0.0809. The number of halogens is 2. The number of benzene rings is 2. The highest BCUT2D eigenvalue weighted by atomic mass is 19.3. The Kier molecular flexibility index (Phi) is 7.20. The molecule has 2 aromatic rings. The molecule has 0 unspecified atom stereocenters. The van der Waals surface area contributed by atoms with E-state index in [1.807, 2.05) is 0 Å². The Morgan fingerprint density at radius 1 is 1.21 bits per heavy atom. The Bertz CT molecular complexity index is 867. The largest absolute Gasteiger partial charge is 0.493 e. The summed E-state index contributed by atoms with van der Waals surface area (Å²) in [5.41, 5.74) is 0.765. The summed E-state index contributed by atoms with van der Waals surface area (Å²) in [7, 11) is 0. The average molecular weight is 391 g/mol. The second-order valence-corrected chi connectivity index (χ2v) is 6.05. The third-order valence-corrected chi connectivity index (χ3v) is 3.87. The number of aliphatic carboxylic acids is 1. The van der Waals surface area contributed by atoms with Crippen molar-refractivity contribution >= 4 is 17.7 Å². The number of ether oxygens (including phenoxy) is 1. The molecule has 0 saturated carbocycles. The second-order valence-electron chi connectivity index (χ2n) is 6.05. The van der Waals surface area contributed by atoms with Crippen molar-refractivity contribution in [2.75, 3.05) is 6.61 Å². The monoisotopic (exact) mass is 391 g/mol. The highest BCUT2D eigenvalue weighted by Gasteiger charge is 2.25. The van der Waals surface area contributed by atoms with E-state index in [-0.39, 0.29) is 25.1 Å². The van der Waals surface area contributed by atoms with E-state index in [0.717, 1.165) is 6.08 Å². The first-order valence-electron chi connectivity index (χ1n) is 8.51. The molecule has 0 atom stereocenters. The second kappa shape index (κ2) is 9.59. The molecule has 1 N–H and O–H groups in total. The van der Waals surface area contributed by atoms with Crippen LogP contribution in [0.2, 0.25) is 0 Å². The van der Waals surface area contributed by atoms with Gasteiger partial charge < -0.3 is 9.84 Å². The molecule has 0 bridgehead atoms. The van der Waals surface area contributed by atoms with Gasteiger partial charge in [-0.3, -0.25) is 14.9 Å². The molecule has 0 spiro atoms. The smallest absolute Gasteiger partial charge is 0.303 e. The molecule has 2 aromatic carbocycles. The summed E-state index contributed by atoms with van der Waals surface area (Å²) in [6.45, 7) is -0.267. The van der Waals surface area contributed by atoms with Gasteiger partial charge in [-0.25, -0.2) is 8.78 Å². The fraction of sp³-hybridized carbons (Fsp3) is 0.250. The summed E-state index contributed by atoms with van der Waals surface area (Å²) in [4.78, 5) is 20.8. The number of carboxylic acids is 1. The third kappa shape index (κ3) is 6.79. The van der Waals surface area contributed by atoms with E-state index < -0.39 is 23.2 Å². The summed E-state index contributed by atoms with van der Waals surface area (Å²) in [5.74, 6) is -3.74. The van der Waals surface area contributed by atoms with Gasteiger partial charge in [0.05, 0.1) is 11.5 Å². The number of alkyl halides is 2. The van der Waals surface area contributed by atoms with Crippen LogP contribution in [0.25, 0.3) is 6.08 Å². The fourth-order valence-electron chi connectivity index (χ4n) is 2.43. The van der Waals surface area contributed by atoms with Gasteiger partial charge in [-0.1, -0.05) is 36.4 Å². The van der Waals surface area contributed by atoms with Crippen LogP contribution in [0.4, 0.5) is 14.5 Å². The Labute approximate surface area is 160 Å². The summed E-state index contributed by atoms with van der Waals surface area (Å²) in [5, 5.41) is 19.5. The molecular weight excluding hydrogens is 372 g/mol. The molecule has 0 aliphatic rings.